The second-order valence-corrected chi connectivity index (χ2v) is 7.10. The highest BCUT2D eigenvalue weighted by atomic mass is 35.5. The van der Waals surface area contributed by atoms with Crippen LogP contribution >= 0.6 is 34.5 Å². The van der Waals surface area contributed by atoms with Crippen LogP contribution in [0.5, 0.6) is 0 Å². The number of hydrogen-bond donors (Lipinski definition) is 2. The molecular formula is C18H13Cl2N3O3S. The van der Waals surface area contributed by atoms with E-state index in [4.69, 9.17) is 23.2 Å². The summed E-state index contributed by atoms with van der Waals surface area (Å²) < 4.78 is 4.64. The zero-order valence-corrected chi connectivity index (χ0v) is 16.3. The van der Waals surface area contributed by atoms with Gasteiger partial charge in [-0.15, -0.1) is 0 Å². The van der Waals surface area contributed by atoms with E-state index in [0.717, 1.165) is 16.9 Å². The Morgan fingerprint density at radius 3 is 2.48 bits per heavy atom. The van der Waals surface area contributed by atoms with Crippen molar-refractivity contribution in [3.63, 3.8) is 0 Å². The smallest absolute Gasteiger partial charge is 0.412 e. The van der Waals surface area contributed by atoms with Crippen molar-refractivity contribution < 1.29 is 14.3 Å². The molecule has 0 atom stereocenters. The average molecular weight is 422 g/mol. The van der Waals surface area contributed by atoms with Crippen LogP contribution in [0.25, 0.3) is 11.3 Å². The van der Waals surface area contributed by atoms with Crippen LogP contribution in [-0.4, -0.2) is 24.1 Å². The van der Waals surface area contributed by atoms with Gasteiger partial charge in [0.25, 0.3) is 5.91 Å². The highest BCUT2D eigenvalue weighted by molar-refractivity contribution is 7.20. The number of carbonyl (C=O) groups excluding carboxylic acids is 2. The van der Waals surface area contributed by atoms with Crippen molar-refractivity contribution in [2.24, 2.45) is 0 Å². The molecule has 0 aliphatic rings. The molecule has 3 aromatic rings. The Labute approximate surface area is 169 Å². The first-order valence-electron chi connectivity index (χ1n) is 7.65. The number of carbonyl (C=O) groups is 2. The van der Waals surface area contributed by atoms with Crippen molar-refractivity contribution in [2.75, 3.05) is 17.7 Å². The Hall–Kier alpha value is -2.61. The van der Waals surface area contributed by atoms with Gasteiger partial charge in [-0.25, -0.2) is 9.78 Å². The second kappa shape index (κ2) is 8.39. The third-order valence-corrected chi connectivity index (χ3v) is 4.91. The summed E-state index contributed by atoms with van der Waals surface area (Å²) in [6, 6.07) is 13.8. The fourth-order valence-electron chi connectivity index (χ4n) is 2.23. The van der Waals surface area contributed by atoms with Crippen molar-refractivity contribution in [2.45, 2.75) is 0 Å². The Morgan fingerprint density at radius 2 is 1.81 bits per heavy atom. The van der Waals surface area contributed by atoms with Gasteiger partial charge >= 0.3 is 6.09 Å². The number of hydrogen-bond acceptors (Lipinski definition) is 5. The van der Waals surface area contributed by atoms with Crippen molar-refractivity contribution in [1.29, 1.82) is 0 Å². The van der Waals surface area contributed by atoms with E-state index >= 15 is 0 Å². The average Bonchev–Trinajstić information content (AvgIpc) is 3.04. The molecule has 138 valence electrons. The molecule has 0 spiro atoms. The van der Waals surface area contributed by atoms with Gasteiger partial charge in [0, 0.05) is 10.6 Å². The second-order valence-electron chi connectivity index (χ2n) is 5.26. The molecule has 0 unspecified atom stereocenters. The molecule has 27 heavy (non-hydrogen) atoms. The number of halogens is 2. The highest BCUT2D eigenvalue weighted by Crippen LogP contribution is 2.36. The zero-order chi connectivity index (χ0) is 19.4. The third kappa shape index (κ3) is 4.57. The lowest BCUT2D eigenvalue weighted by Crippen LogP contribution is -2.12. The number of anilines is 2. The summed E-state index contributed by atoms with van der Waals surface area (Å²) in [5, 5.41) is 6.71. The first-order chi connectivity index (χ1) is 13.0. The van der Waals surface area contributed by atoms with E-state index < -0.39 is 12.0 Å². The van der Waals surface area contributed by atoms with E-state index in [9.17, 15) is 9.59 Å². The maximum atomic E-state index is 12.5. The van der Waals surface area contributed by atoms with E-state index in [0.29, 0.717) is 20.8 Å². The van der Waals surface area contributed by atoms with E-state index in [2.05, 4.69) is 20.4 Å². The Bertz CT molecular complexity index is 993. The lowest BCUT2D eigenvalue weighted by atomic mass is 10.2. The van der Waals surface area contributed by atoms with Crippen LogP contribution in [0.1, 0.15) is 10.4 Å². The lowest BCUT2D eigenvalue weighted by molar-refractivity contribution is 0.102. The number of methoxy groups -OCH3 is 1. The van der Waals surface area contributed by atoms with Gasteiger partial charge in [0.2, 0.25) is 0 Å². The molecule has 6 nitrogen and oxygen atoms in total. The summed E-state index contributed by atoms with van der Waals surface area (Å²) in [5.74, 6) is -0.436. The molecule has 0 aliphatic heterocycles. The fraction of sp³-hybridized carbons (Fsp3) is 0.0556. The quantitative estimate of drug-likeness (QED) is 0.578. The fourth-order valence-corrected chi connectivity index (χ4v) is 3.59. The predicted molar refractivity (Wildman–Crippen MR) is 108 cm³/mol. The maximum absolute atomic E-state index is 12.5. The van der Waals surface area contributed by atoms with Crippen LogP contribution in [0.2, 0.25) is 10.0 Å². The number of benzene rings is 2. The summed E-state index contributed by atoms with van der Waals surface area (Å²) in [4.78, 5) is 28.5. The first kappa shape index (κ1) is 19.2. The minimum Gasteiger partial charge on any atom is -0.453 e. The molecule has 9 heteroatoms. The monoisotopic (exact) mass is 421 g/mol. The van der Waals surface area contributed by atoms with Gasteiger partial charge in [0.15, 0.2) is 5.13 Å². The predicted octanol–water partition coefficient (Wildman–Crippen LogP) is 5.55. The van der Waals surface area contributed by atoms with Crippen LogP contribution < -0.4 is 10.6 Å². The van der Waals surface area contributed by atoms with Crippen molar-refractivity contribution in [3.05, 3.63) is 64.1 Å². The molecule has 0 radical (unpaired) electrons. The Balaban J connectivity index is 1.91. The molecule has 0 bridgehead atoms. The molecule has 2 aromatic carbocycles. The first-order valence-corrected chi connectivity index (χ1v) is 9.23. The number of aromatic nitrogens is 1. The molecule has 2 amide bonds. The van der Waals surface area contributed by atoms with E-state index in [1.54, 1.807) is 6.07 Å². The maximum Gasteiger partial charge on any atom is 0.412 e. The Morgan fingerprint density at radius 1 is 1.07 bits per heavy atom. The van der Waals surface area contributed by atoms with Crippen molar-refractivity contribution in [3.8, 4) is 11.3 Å². The SMILES string of the molecule is COC(=O)Nc1sc(NC(=O)c2ccc(Cl)cc2Cl)nc1-c1ccccc1. The van der Waals surface area contributed by atoms with Gasteiger partial charge in [-0.3, -0.25) is 15.4 Å². The number of thiazole rings is 1. The van der Waals surface area contributed by atoms with Crippen LogP contribution in [0.15, 0.2) is 48.5 Å². The molecule has 0 saturated carbocycles. The van der Waals surface area contributed by atoms with Crippen LogP contribution in [0, 0.1) is 0 Å². The van der Waals surface area contributed by atoms with Crippen LogP contribution in [0.3, 0.4) is 0 Å². The Kier molecular flexibility index (Phi) is 5.95. The standard InChI is InChI=1S/C18H13Cl2N3O3S/c1-26-18(25)23-16-14(10-5-3-2-4-6-10)21-17(27-16)22-15(24)12-8-7-11(19)9-13(12)20/h2-9H,1H3,(H,23,25)(H,21,22,24). The van der Waals surface area contributed by atoms with Crippen LogP contribution in [0.4, 0.5) is 14.9 Å². The largest absolute Gasteiger partial charge is 0.453 e. The van der Waals surface area contributed by atoms with Gasteiger partial charge in [-0.05, 0) is 18.2 Å². The van der Waals surface area contributed by atoms with E-state index in [1.165, 1.54) is 19.2 Å². The minimum absolute atomic E-state index is 0.229. The van der Waals surface area contributed by atoms with Gasteiger partial charge in [-0.1, -0.05) is 64.9 Å². The molecule has 0 aliphatic carbocycles. The number of nitrogens with zero attached hydrogens (tertiary/aromatic N) is 1. The van der Waals surface area contributed by atoms with Crippen molar-refractivity contribution in [1.82, 2.24) is 4.98 Å². The highest BCUT2D eigenvalue weighted by Gasteiger charge is 2.18. The molecular weight excluding hydrogens is 409 g/mol. The molecule has 2 N–H and O–H groups in total. The number of amides is 2. The zero-order valence-electron chi connectivity index (χ0n) is 14.0. The van der Waals surface area contributed by atoms with Crippen LogP contribution in [-0.2, 0) is 4.74 Å². The summed E-state index contributed by atoms with van der Waals surface area (Å²) in [5.41, 5.74) is 1.56. The number of ether oxygens (including phenoxy) is 1. The van der Waals surface area contributed by atoms with E-state index in [-0.39, 0.29) is 10.6 Å². The number of rotatable bonds is 4. The van der Waals surface area contributed by atoms with Gasteiger partial charge in [0.05, 0.1) is 17.7 Å². The summed E-state index contributed by atoms with van der Waals surface area (Å²) >= 11 is 13.0. The van der Waals surface area contributed by atoms with E-state index in [1.807, 2.05) is 30.3 Å². The van der Waals surface area contributed by atoms with Gasteiger partial charge < -0.3 is 4.74 Å². The summed E-state index contributed by atoms with van der Waals surface area (Å²) in [7, 11) is 1.27. The molecule has 1 heterocycles. The normalized spacial score (nSPS) is 10.3. The third-order valence-electron chi connectivity index (χ3n) is 3.47. The lowest BCUT2D eigenvalue weighted by Gasteiger charge is -2.04. The van der Waals surface area contributed by atoms with Gasteiger partial charge in [0.1, 0.15) is 10.7 Å². The van der Waals surface area contributed by atoms with Gasteiger partial charge in [-0.2, -0.15) is 0 Å². The summed E-state index contributed by atoms with van der Waals surface area (Å²) in [6.45, 7) is 0. The minimum atomic E-state index is -0.630. The molecule has 0 saturated heterocycles. The van der Waals surface area contributed by atoms with Crippen molar-refractivity contribution >= 4 is 56.7 Å². The summed E-state index contributed by atoms with van der Waals surface area (Å²) in [6.07, 6.45) is -0.630. The molecule has 3 rings (SSSR count). The number of nitrogens with one attached hydrogen (secondary N) is 2. The molecule has 0 fully saturated rings. The topological polar surface area (TPSA) is 80.3 Å². The molecule has 1 aromatic heterocycles.